The van der Waals surface area contributed by atoms with Crippen molar-refractivity contribution in [1.82, 2.24) is 0 Å². The number of hydrogen-bond acceptors (Lipinski definition) is 5. The highest BCUT2D eigenvalue weighted by molar-refractivity contribution is 7.99. The second-order valence-corrected chi connectivity index (χ2v) is 7.46. The molecule has 0 bridgehead atoms. The summed E-state index contributed by atoms with van der Waals surface area (Å²) in [5.41, 5.74) is 2.56. The molecule has 0 saturated heterocycles. The summed E-state index contributed by atoms with van der Waals surface area (Å²) in [7, 11) is 0. The SMILES string of the molecule is CCc1ccc(C(=O)[C@H](C)OC(=O)c2ccc3c(c2)NC(=O)CCS3)cc1. The van der Waals surface area contributed by atoms with E-state index in [1.54, 1.807) is 49.0 Å². The standard InChI is InChI=1S/C21H21NO4S/c1-3-14-4-6-15(7-5-14)20(24)13(2)26-21(25)16-8-9-18-17(12-16)22-19(23)10-11-27-18/h4-9,12-13H,3,10-11H2,1-2H3,(H,22,23)/t13-/m0/s1. The van der Waals surface area contributed by atoms with Crippen molar-refractivity contribution in [2.75, 3.05) is 11.1 Å². The van der Waals surface area contributed by atoms with Crippen LogP contribution in [0.5, 0.6) is 0 Å². The number of thioether (sulfide) groups is 1. The predicted octanol–water partition coefficient (Wildman–Crippen LogP) is 4.11. The quantitative estimate of drug-likeness (QED) is 0.621. The highest BCUT2D eigenvalue weighted by Gasteiger charge is 2.22. The van der Waals surface area contributed by atoms with Gasteiger partial charge in [0, 0.05) is 22.6 Å². The van der Waals surface area contributed by atoms with Gasteiger partial charge in [-0.05, 0) is 37.1 Å². The Hall–Kier alpha value is -2.60. The Kier molecular flexibility index (Phi) is 5.96. The zero-order valence-electron chi connectivity index (χ0n) is 15.3. The number of carbonyl (C=O) groups is 3. The summed E-state index contributed by atoms with van der Waals surface area (Å²) in [6, 6.07) is 12.3. The van der Waals surface area contributed by atoms with Crippen LogP contribution < -0.4 is 5.32 Å². The fourth-order valence-corrected chi connectivity index (χ4v) is 3.71. The van der Waals surface area contributed by atoms with E-state index in [1.807, 2.05) is 19.1 Å². The molecule has 0 aromatic heterocycles. The van der Waals surface area contributed by atoms with E-state index in [2.05, 4.69) is 5.32 Å². The lowest BCUT2D eigenvalue weighted by atomic mass is 10.0. The number of Topliss-reactive ketones (excluding diaryl/α,β-unsaturated/α-hetero) is 1. The van der Waals surface area contributed by atoms with Crippen LogP contribution in [0.15, 0.2) is 47.4 Å². The number of ether oxygens (including phenoxy) is 1. The summed E-state index contributed by atoms with van der Waals surface area (Å²) in [4.78, 5) is 37.6. The molecule has 0 radical (unpaired) electrons. The van der Waals surface area contributed by atoms with Crippen LogP contribution in [0.3, 0.4) is 0 Å². The van der Waals surface area contributed by atoms with Crippen LogP contribution in [0.2, 0.25) is 0 Å². The molecule has 1 aliphatic heterocycles. The third kappa shape index (κ3) is 4.57. The smallest absolute Gasteiger partial charge is 0.338 e. The van der Waals surface area contributed by atoms with Crippen molar-refractivity contribution in [3.05, 3.63) is 59.2 Å². The molecular weight excluding hydrogens is 362 g/mol. The van der Waals surface area contributed by atoms with Gasteiger partial charge in [0.1, 0.15) is 0 Å². The number of ketones is 1. The normalized spacial score (nSPS) is 14.5. The first kappa shape index (κ1) is 19.2. The summed E-state index contributed by atoms with van der Waals surface area (Å²) in [6.07, 6.45) is 0.431. The Labute approximate surface area is 162 Å². The highest BCUT2D eigenvalue weighted by atomic mass is 32.2. The number of fused-ring (bicyclic) bond motifs is 1. The molecule has 3 rings (SSSR count). The molecule has 140 valence electrons. The van der Waals surface area contributed by atoms with Crippen LogP contribution in [0.1, 0.15) is 46.5 Å². The van der Waals surface area contributed by atoms with E-state index in [9.17, 15) is 14.4 Å². The average molecular weight is 383 g/mol. The van der Waals surface area contributed by atoms with Crippen molar-refractivity contribution in [2.24, 2.45) is 0 Å². The highest BCUT2D eigenvalue weighted by Crippen LogP contribution is 2.31. The number of amides is 1. The predicted molar refractivity (Wildman–Crippen MR) is 105 cm³/mol. The molecule has 1 amide bonds. The first-order valence-corrected chi connectivity index (χ1v) is 9.87. The van der Waals surface area contributed by atoms with E-state index in [1.165, 1.54) is 0 Å². The Morgan fingerprint density at radius 3 is 2.56 bits per heavy atom. The molecule has 0 aliphatic carbocycles. The molecule has 0 fully saturated rings. The summed E-state index contributed by atoms with van der Waals surface area (Å²) in [5.74, 6) is -0.215. The number of anilines is 1. The van der Waals surface area contributed by atoms with Gasteiger partial charge >= 0.3 is 5.97 Å². The maximum absolute atomic E-state index is 12.5. The summed E-state index contributed by atoms with van der Waals surface area (Å²) < 4.78 is 5.35. The Morgan fingerprint density at radius 2 is 1.85 bits per heavy atom. The lowest BCUT2D eigenvalue weighted by molar-refractivity contribution is -0.115. The first-order valence-electron chi connectivity index (χ1n) is 8.88. The Bertz CT molecular complexity index is 876. The molecule has 27 heavy (non-hydrogen) atoms. The third-order valence-corrected chi connectivity index (χ3v) is 5.45. The first-order chi connectivity index (χ1) is 13.0. The molecule has 1 atom stereocenters. The largest absolute Gasteiger partial charge is 0.451 e. The minimum absolute atomic E-state index is 0.0779. The molecule has 6 heteroatoms. The molecule has 1 aliphatic rings. The fraction of sp³-hybridized carbons (Fsp3) is 0.286. The van der Waals surface area contributed by atoms with Crippen molar-refractivity contribution in [1.29, 1.82) is 0 Å². The molecule has 1 heterocycles. The topological polar surface area (TPSA) is 72.5 Å². The van der Waals surface area contributed by atoms with Crippen LogP contribution in [-0.2, 0) is 16.0 Å². The molecule has 0 spiro atoms. The number of nitrogens with one attached hydrogen (secondary N) is 1. The van der Waals surface area contributed by atoms with E-state index in [0.29, 0.717) is 29.0 Å². The maximum Gasteiger partial charge on any atom is 0.338 e. The van der Waals surface area contributed by atoms with Crippen molar-refractivity contribution in [3.8, 4) is 0 Å². The lowest BCUT2D eigenvalue weighted by Crippen LogP contribution is -2.24. The van der Waals surface area contributed by atoms with Gasteiger partial charge in [-0.2, -0.15) is 0 Å². The number of aryl methyl sites for hydroxylation is 1. The lowest BCUT2D eigenvalue weighted by Gasteiger charge is -2.14. The minimum atomic E-state index is -0.896. The second-order valence-electron chi connectivity index (χ2n) is 6.32. The summed E-state index contributed by atoms with van der Waals surface area (Å²) in [5, 5.41) is 2.80. The van der Waals surface area contributed by atoms with Crippen LogP contribution >= 0.6 is 11.8 Å². The van der Waals surface area contributed by atoms with Gasteiger partial charge in [-0.15, -0.1) is 11.8 Å². The fourth-order valence-electron chi connectivity index (χ4n) is 2.77. The number of hydrogen-bond donors (Lipinski definition) is 1. The van der Waals surface area contributed by atoms with Crippen molar-refractivity contribution in [3.63, 3.8) is 0 Å². The average Bonchev–Trinajstić information content (AvgIpc) is 2.87. The van der Waals surface area contributed by atoms with Crippen LogP contribution in [0.4, 0.5) is 5.69 Å². The van der Waals surface area contributed by atoms with Gasteiger partial charge in [0.15, 0.2) is 6.10 Å². The molecule has 0 unspecified atom stereocenters. The van der Waals surface area contributed by atoms with Gasteiger partial charge in [0.25, 0.3) is 0 Å². The maximum atomic E-state index is 12.5. The molecule has 5 nitrogen and oxygen atoms in total. The van der Waals surface area contributed by atoms with E-state index >= 15 is 0 Å². The van der Waals surface area contributed by atoms with Crippen LogP contribution in [-0.4, -0.2) is 29.5 Å². The van der Waals surface area contributed by atoms with Gasteiger partial charge in [-0.25, -0.2) is 4.79 Å². The van der Waals surface area contributed by atoms with Gasteiger partial charge in [-0.1, -0.05) is 31.2 Å². The molecule has 2 aromatic rings. The van der Waals surface area contributed by atoms with Crippen molar-refractivity contribution >= 4 is 35.1 Å². The van der Waals surface area contributed by atoms with E-state index in [-0.39, 0.29) is 11.7 Å². The van der Waals surface area contributed by atoms with Gasteiger partial charge in [0.2, 0.25) is 11.7 Å². The zero-order valence-corrected chi connectivity index (χ0v) is 16.1. The van der Waals surface area contributed by atoms with Crippen LogP contribution in [0.25, 0.3) is 0 Å². The van der Waals surface area contributed by atoms with E-state index in [4.69, 9.17) is 4.74 Å². The molecule has 2 aromatic carbocycles. The monoisotopic (exact) mass is 383 g/mol. The second kappa shape index (κ2) is 8.39. The minimum Gasteiger partial charge on any atom is -0.451 e. The van der Waals surface area contributed by atoms with Gasteiger partial charge in [-0.3, -0.25) is 9.59 Å². The molecule has 1 N–H and O–H groups in total. The number of rotatable bonds is 5. The van der Waals surface area contributed by atoms with Crippen molar-refractivity contribution < 1.29 is 19.1 Å². The number of carbonyl (C=O) groups excluding carboxylic acids is 3. The van der Waals surface area contributed by atoms with Crippen LogP contribution in [0, 0.1) is 0 Å². The Morgan fingerprint density at radius 1 is 1.15 bits per heavy atom. The number of benzene rings is 2. The van der Waals surface area contributed by atoms with Gasteiger partial charge in [0.05, 0.1) is 11.3 Å². The summed E-state index contributed by atoms with van der Waals surface area (Å²) >= 11 is 1.56. The summed E-state index contributed by atoms with van der Waals surface area (Å²) in [6.45, 7) is 3.61. The third-order valence-electron chi connectivity index (χ3n) is 4.38. The van der Waals surface area contributed by atoms with E-state index in [0.717, 1.165) is 16.9 Å². The Balaban J connectivity index is 1.70. The van der Waals surface area contributed by atoms with Crippen molar-refractivity contribution in [2.45, 2.75) is 37.7 Å². The van der Waals surface area contributed by atoms with E-state index < -0.39 is 12.1 Å². The number of esters is 1. The molecular formula is C21H21NO4S. The van der Waals surface area contributed by atoms with Gasteiger partial charge < -0.3 is 10.1 Å². The zero-order chi connectivity index (χ0) is 19.4. The molecule has 0 saturated carbocycles.